The summed E-state index contributed by atoms with van der Waals surface area (Å²) in [5, 5.41) is 14.9. The molecule has 34 heavy (non-hydrogen) atoms. The Morgan fingerprint density at radius 2 is 1.59 bits per heavy atom. The molecule has 0 spiro atoms. The van der Waals surface area contributed by atoms with Gasteiger partial charge >= 0.3 is 12.1 Å². The third-order valence-electron chi connectivity index (χ3n) is 6.86. The molecule has 180 valence electrons. The van der Waals surface area contributed by atoms with Gasteiger partial charge in [-0.1, -0.05) is 69.3 Å². The van der Waals surface area contributed by atoms with Crippen LogP contribution in [0.25, 0.3) is 11.1 Å². The molecule has 3 atom stereocenters. The van der Waals surface area contributed by atoms with Crippen LogP contribution in [0.3, 0.4) is 0 Å². The van der Waals surface area contributed by atoms with Crippen molar-refractivity contribution in [1.29, 1.82) is 0 Å². The standard InChI is InChI=1S/C27H32N2O5/c1-27(2,3)23(24(30)28-17-13-12-16(14-17)25(31)32)29-26(33)34-15-22-20-10-6-4-8-18(20)19-9-5-7-11-21(19)22/h4-11,16-17,22-23H,12-15H2,1-3H3,(H,28,30)(H,29,33)(H,31,32)/t16-,17+,23+/m0/s1. The van der Waals surface area contributed by atoms with Gasteiger partial charge in [0.15, 0.2) is 0 Å². The Morgan fingerprint density at radius 3 is 2.12 bits per heavy atom. The smallest absolute Gasteiger partial charge is 0.407 e. The molecule has 0 radical (unpaired) electrons. The van der Waals surface area contributed by atoms with E-state index in [1.807, 2.05) is 45.0 Å². The maximum Gasteiger partial charge on any atom is 0.407 e. The molecular weight excluding hydrogens is 432 g/mol. The van der Waals surface area contributed by atoms with Crippen molar-refractivity contribution in [3.63, 3.8) is 0 Å². The molecule has 0 aliphatic heterocycles. The summed E-state index contributed by atoms with van der Waals surface area (Å²) in [7, 11) is 0. The van der Waals surface area contributed by atoms with Crippen molar-refractivity contribution in [3.8, 4) is 11.1 Å². The zero-order chi connectivity index (χ0) is 24.5. The van der Waals surface area contributed by atoms with Crippen LogP contribution in [-0.2, 0) is 14.3 Å². The molecule has 3 N–H and O–H groups in total. The molecule has 7 heteroatoms. The summed E-state index contributed by atoms with van der Waals surface area (Å²) < 4.78 is 5.63. The molecule has 2 amide bonds. The second-order valence-electron chi connectivity index (χ2n) is 10.3. The summed E-state index contributed by atoms with van der Waals surface area (Å²) >= 11 is 0. The van der Waals surface area contributed by atoms with Crippen LogP contribution in [-0.4, -0.2) is 41.8 Å². The monoisotopic (exact) mass is 464 g/mol. The fraction of sp³-hybridized carbons (Fsp3) is 0.444. The van der Waals surface area contributed by atoms with Crippen LogP contribution in [0, 0.1) is 11.3 Å². The van der Waals surface area contributed by atoms with Crippen LogP contribution in [0.2, 0.25) is 0 Å². The molecule has 0 saturated heterocycles. The van der Waals surface area contributed by atoms with Gasteiger partial charge in [-0.2, -0.15) is 0 Å². The van der Waals surface area contributed by atoms with Crippen molar-refractivity contribution < 1.29 is 24.2 Å². The average Bonchev–Trinajstić information content (AvgIpc) is 3.38. The Labute approximate surface area is 199 Å². The number of alkyl carbamates (subject to hydrolysis) is 1. The number of amides is 2. The van der Waals surface area contributed by atoms with Crippen molar-refractivity contribution >= 4 is 18.0 Å². The maximum absolute atomic E-state index is 13.0. The molecule has 2 aliphatic carbocycles. The molecule has 2 aromatic carbocycles. The summed E-state index contributed by atoms with van der Waals surface area (Å²) in [5.41, 5.74) is 3.98. The van der Waals surface area contributed by atoms with Gasteiger partial charge in [-0.05, 0) is 46.9 Å². The molecule has 0 aromatic heterocycles. The first-order chi connectivity index (χ1) is 16.1. The van der Waals surface area contributed by atoms with E-state index in [9.17, 15) is 19.5 Å². The number of carboxylic acids is 1. The van der Waals surface area contributed by atoms with Gasteiger partial charge in [0.2, 0.25) is 5.91 Å². The first-order valence-corrected chi connectivity index (χ1v) is 11.8. The van der Waals surface area contributed by atoms with Crippen LogP contribution in [0.1, 0.15) is 57.1 Å². The van der Waals surface area contributed by atoms with Gasteiger partial charge in [0, 0.05) is 12.0 Å². The van der Waals surface area contributed by atoms with Gasteiger partial charge < -0.3 is 20.5 Å². The summed E-state index contributed by atoms with van der Waals surface area (Å²) in [4.78, 5) is 37.0. The minimum Gasteiger partial charge on any atom is -0.481 e. The Morgan fingerprint density at radius 1 is 1.00 bits per heavy atom. The van der Waals surface area contributed by atoms with E-state index in [2.05, 4.69) is 34.9 Å². The highest BCUT2D eigenvalue weighted by atomic mass is 16.5. The number of ether oxygens (including phenoxy) is 1. The average molecular weight is 465 g/mol. The molecule has 1 fully saturated rings. The van der Waals surface area contributed by atoms with Gasteiger partial charge in [-0.15, -0.1) is 0 Å². The number of hydrogen-bond donors (Lipinski definition) is 3. The Kier molecular flexibility index (Phi) is 6.64. The predicted octanol–water partition coefficient (Wildman–Crippen LogP) is 4.31. The van der Waals surface area contributed by atoms with Crippen LogP contribution < -0.4 is 10.6 Å². The number of fused-ring (bicyclic) bond motifs is 3. The lowest BCUT2D eigenvalue weighted by Crippen LogP contribution is -2.55. The molecule has 0 bridgehead atoms. The van der Waals surface area contributed by atoms with E-state index in [-0.39, 0.29) is 24.5 Å². The predicted molar refractivity (Wildman–Crippen MR) is 128 cm³/mol. The summed E-state index contributed by atoms with van der Waals surface area (Å²) in [6.45, 7) is 5.78. The highest BCUT2D eigenvalue weighted by Gasteiger charge is 2.37. The number of aliphatic carboxylic acids is 1. The van der Waals surface area contributed by atoms with Crippen molar-refractivity contribution in [3.05, 3.63) is 59.7 Å². The molecule has 1 saturated carbocycles. The van der Waals surface area contributed by atoms with Crippen molar-refractivity contribution in [2.75, 3.05) is 6.61 Å². The van der Waals surface area contributed by atoms with Crippen molar-refractivity contribution in [1.82, 2.24) is 10.6 Å². The van der Waals surface area contributed by atoms with Gasteiger partial charge in [0.25, 0.3) is 0 Å². The topological polar surface area (TPSA) is 105 Å². The zero-order valence-electron chi connectivity index (χ0n) is 19.8. The lowest BCUT2D eigenvalue weighted by Gasteiger charge is -2.31. The zero-order valence-corrected chi connectivity index (χ0v) is 19.8. The second kappa shape index (κ2) is 9.49. The highest BCUT2D eigenvalue weighted by Crippen LogP contribution is 2.44. The molecule has 7 nitrogen and oxygen atoms in total. The highest BCUT2D eigenvalue weighted by molar-refractivity contribution is 5.87. The minimum atomic E-state index is -0.833. The number of rotatable bonds is 6. The summed E-state index contributed by atoms with van der Waals surface area (Å²) in [5.74, 6) is -1.65. The maximum atomic E-state index is 13.0. The number of hydrogen-bond acceptors (Lipinski definition) is 4. The third-order valence-corrected chi connectivity index (χ3v) is 6.86. The van der Waals surface area contributed by atoms with Crippen molar-refractivity contribution in [2.24, 2.45) is 11.3 Å². The molecular formula is C27H32N2O5. The van der Waals surface area contributed by atoms with Crippen molar-refractivity contribution in [2.45, 2.75) is 58.0 Å². The fourth-order valence-corrected chi connectivity index (χ4v) is 5.05. The molecule has 0 heterocycles. The van der Waals surface area contributed by atoms with E-state index in [1.54, 1.807) is 0 Å². The second-order valence-corrected chi connectivity index (χ2v) is 10.3. The van der Waals surface area contributed by atoms with E-state index in [0.29, 0.717) is 19.3 Å². The van der Waals surface area contributed by atoms with E-state index in [1.165, 1.54) is 0 Å². The third kappa shape index (κ3) is 4.93. The lowest BCUT2D eigenvalue weighted by atomic mass is 9.86. The van der Waals surface area contributed by atoms with E-state index in [4.69, 9.17) is 4.74 Å². The number of benzene rings is 2. The van der Waals surface area contributed by atoms with E-state index in [0.717, 1.165) is 22.3 Å². The number of carbonyl (C=O) groups excluding carboxylic acids is 2. The lowest BCUT2D eigenvalue weighted by molar-refractivity contribution is -0.141. The van der Waals surface area contributed by atoms with Gasteiger partial charge in [-0.3, -0.25) is 9.59 Å². The number of nitrogens with one attached hydrogen (secondary N) is 2. The fourth-order valence-electron chi connectivity index (χ4n) is 5.05. The van der Waals surface area contributed by atoms with E-state index >= 15 is 0 Å². The normalized spacial score (nSPS) is 20.2. The molecule has 2 aliphatic rings. The summed E-state index contributed by atoms with van der Waals surface area (Å²) in [6, 6.07) is 15.2. The van der Waals surface area contributed by atoms with Gasteiger partial charge in [0.1, 0.15) is 12.6 Å². The van der Waals surface area contributed by atoms with Gasteiger partial charge in [0.05, 0.1) is 5.92 Å². The molecule has 2 aromatic rings. The summed E-state index contributed by atoms with van der Waals surface area (Å²) in [6.07, 6.45) is 0.917. The van der Waals surface area contributed by atoms with Crippen LogP contribution in [0.15, 0.2) is 48.5 Å². The van der Waals surface area contributed by atoms with Crippen LogP contribution in [0.4, 0.5) is 4.79 Å². The molecule has 4 rings (SSSR count). The Balaban J connectivity index is 1.39. The SMILES string of the molecule is CC(C)(C)[C@H](NC(=O)OCC1c2ccccc2-c2ccccc21)C(=O)N[C@@H]1CC[C@H](C(=O)O)C1. The largest absolute Gasteiger partial charge is 0.481 e. The quantitative estimate of drug-likeness (QED) is 0.591. The first kappa shape index (κ1) is 23.8. The van der Waals surface area contributed by atoms with Crippen LogP contribution in [0.5, 0.6) is 0 Å². The van der Waals surface area contributed by atoms with Crippen LogP contribution >= 0.6 is 0 Å². The Hall–Kier alpha value is -3.35. The molecule has 0 unspecified atom stereocenters. The minimum absolute atomic E-state index is 0.0634. The first-order valence-electron chi connectivity index (χ1n) is 11.8. The van der Waals surface area contributed by atoms with E-state index < -0.39 is 29.4 Å². The van der Waals surface area contributed by atoms with Gasteiger partial charge in [-0.25, -0.2) is 4.79 Å². The number of carboxylic acid groups (broad SMARTS) is 1. The Bertz CT molecular complexity index is 1040. The number of carbonyl (C=O) groups is 3.